The molecule has 1 unspecified atom stereocenters. The first-order valence-electron chi connectivity index (χ1n) is 8.75. The highest BCUT2D eigenvalue weighted by Gasteiger charge is 2.21. The van der Waals surface area contributed by atoms with Crippen LogP contribution in [0.2, 0.25) is 0 Å². The molecule has 0 heterocycles. The number of carbonyl (C=O) groups is 1. The van der Waals surface area contributed by atoms with Crippen LogP contribution in [0.4, 0.5) is 0 Å². The van der Waals surface area contributed by atoms with Gasteiger partial charge in [0.05, 0.1) is 0 Å². The Morgan fingerprint density at radius 3 is 2.00 bits per heavy atom. The Balaban J connectivity index is 2.09. The fourth-order valence-corrected chi connectivity index (χ4v) is 2.63. The minimum atomic E-state index is -0.951. The third kappa shape index (κ3) is 5.35. The molecule has 25 heavy (non-hydrogen) atoms. The molecule has 2 aromatic carbocycles. The van der Waals surface area contributed by atoms with Gasteiger partial charge >= 0.3 is 5.97 Å². The molecule has 1 atom stereocenters. The molecule has 0 saturated heterocycles. The maximum absolute atomic E-state index is 11.6. The van der Waals surface area contributed by atoms with Gasteiger partial charge in [0, 0.05) is 6.42 Å². The Morgan fingerprint density at radius 1 is 1.00 bits per heavy atom. The first-order chi connectivity index (χ1) is 11.7. The molecule has 0 spiro atoms. The summed E-state index contributed by atoms with van der Waals surface area (Å²) in [6.07, 6.45) is -0.556. The van der Waals surface area contributed by atoms with Gasteiger partial charge in [-0.25, -0.2) is 4.79 Å². The summed E-state index contributed by atoms with van der Waals surface area (Å²) in [5, 5.41) is 9.50. The topological polar surface area (TPSA) is 46.5 Å². The van der Waals surface area contributed by atoms with Crippen LogP contribution in [0.3, 0.4) is 0 Å². The van der Waals surface area contributed by atoms with Crippen LogP contribution in [0.15, 0.2) is 48.5 Å². The Hall–Kier alpha value is -2.29. The summed E-state index contributed by atoms with van der Waals surface area (Å²) in [5.41, 5.74) is 3.46. The molecular weight excluding hydrogens is 312 g/mol. The summed E-state index contributed by atoms with van der Waals surface area (Å²) in [6, 6.07) is 15.7. The van der Waals surface area contributed by atoms with Crippen molar-refractivity contribution in [2.75, 3.05) is 0 Å². The Bertz CT molecular complexity index is 692. The number of rotatable bonds is 6. The van der Waals surface area contributed by atoms with E-state index < -0.39 is 12.1 Å². The first-order valence-corrected chi connectivity index (χ1v) is 8.75. The summed E-state index contributed by atoms with van der Waals surface area (Å²) >= 11 is 0. The molecule has 2 rings (SSSR count). The largest absolute Gasteiger partial charge is 0.478 e. The zero-order valence-electron chi connectivity index (χ0n) is 15.7. The SMILES string of the molecule is CC(C)c1ccc(CC(Oc2ccc(C(C)(C)C)cc2)C(=O)O)cc1. The maximum atomic E-state index is 11.6. The first kappa shape index (κ1) is 19.0. The fourth-order valence-electron chi connectivity index (χ4n) is 2.63. The van der Waals surface area contributed by atoms with E-state index in [1.165, 1.54) is 11.1 Å². The highest BCUT2D eigenvalue weighted by Crippen LogP contribution is 2.25. The normalized spacial score (nSPS) is 12.9. The molecule has 3 nitrogen and oxygen atoms in total. The molecule has 0 radical (unpaired) electrons. The Kier molecular flexibility index (Phi) is 5.89. The molecule has 2 aromatic rings. The molecule has 0 aromatic heterocycles. The predicted molar refractivity (Wildman–Crippen MR) is 101 cm³/mol. The van der Waals surface area contributed by atoms with Gasteiger partial charge in [0.25, 0.3) is 0 Å². The van der Waals surface area contributed by atoms with Crippen LogP contribution in [-0.2, 0) is 16.6 Å². The number of ether oxygens (including phenoxy) is 1. The zero-order valence-corrected chi connectivity index (χ0v) is 15.7. The van der Waals surface area contributed by atoms with E-state index >= 15 is 0 Å². The van der Waals surface area contributed by atoms with Crippen LogP contribution >= 0.6 is 0 Å². The minimum Gasteiger partial charge on any atom is -0.478 e. The lowest BCUT2D eigenvalue weighted by molar-refractivity contribution is -0.145. The van der Waals surface area contributed by atoms with Crippen molar-refractivity contribution in [3.8, 4) is 5.75 Å². The van der Waals surface area contributed by atoms with E-state index in [-0.39, 0.29) is 5.41 Å². The van der Waals surface area contributed by atoms with Crippen molar-refractivity contribution in [2.24, 2.45) is 0 Å². The smallest absolute Gasteiger partial charge is 0.345 e. The molecule has 0 aliphatic rings. The van der Waals surface area contributed by atoms with Crippen LogP contribution in [0, 0.1) is 0 Å². The number of hydrogen-bond donors (Lipinski definition) is 1. The standard InChI is InChI=1S/C22H28O3/c1-15(2)17-8-6-16(7-9-17)14-20(21(23)24)25-19-12-10-18(11-13-19)22(3,4)5/h6-13,15,20H,14H2,1-5H3,(H,23,24). The highest BCUT2D eigenvalue weighted by molar-refractivity contribution is 5.73. The molecule has 3 heteroatoms. The molecular formula is C22H28O3. The van der Waals surface area contributed by atoms with Crippen molar-refractivity contribution in [2.45, 2.75) is 58.5 Å². The van der Waals surface area contributed by atoms with E-state index in [2.05, 4.69) is 46.8 Å². The lowest BCUT2D eigenvalue weighted by Gasteiger charge is -2.20. The van der Waals surface area contributed by atoms with Crippen LogP contribution in [0.5, 0.6) is 5.75 Å². The highest BCUT2D eigenvalue weighted by atomic mass is 16.5. The average Bonchev–Trinajstić information content (AvgIpc) is 2.54. The van der Waals surface area contributed by atoms with Gasteiger partial charge in [0.1, 0.15) is 5.75 Å². The van der Waals surface area contributed by atoms with Gasteiger partial charge in [-0.3, -0.25) is 0 Å². The Morgan fingerprint density at radius 2 is 1.56 bits per heavy atom. The average molecular weight is 340 g/mol. The second-order valence-electron chi connectivity index (χ2n) is 7.82. The van der Waals surface area contributed by atoms with Crippen molar-refractivity contribution in [3.05, 3.63) is 65.2 Å². The summed E-state index contributed by atoms with van der Waals surface area (Å²) in [5.74, 6) is 0.0916. The second kappa shape index (κ2) is 7.73. The monoisotopic (exact) mass is 340 g/mol. The van der Waals surface area contributed by atoms with Crippen molar-refractivity contribution < 1.29 is 14.6 Å². The van der Waals surface area contributed by atoms with Crippen LogP contribution in [-0.4, -0.2) is 17.2 Å². The summed E-state index contributed by atoms with van der Waals surface area (Å²) < 4.78 is 5.73. The zero-order chi connectivity index (χ0) is 18.6. The number of carboxylic acids is 1. The molecule has 1 N–H and O–H groups in total. The molecule has 0 saturated carbocycles. The van der Waals surface area contributed by atoms with E-state index in [1.54, 1.807) is 0 Å². The number of carboxylic acid groups (broad SMARTS) is 1. The fraction of sp³-hybridized carbons (Fsp3) is 0.409. The second-order valence-corrected chi connectivity index (χ2v) is 7.82. The molecule has 0 aliphatic carbocycles. The summed E-state index contributed by atoms with van der Waals surface area (Å²) in [4.78, 5) is 11.6. The lowest BCUT2D eigenvalue weighted by Crippen LogP contribution is -2.29. The molecule has 134 valence electrons. The van der Waals surface area contributed by atoms with Gasteiger partial charge in [0.2, 0.25) is 0 Å². The molecule has 0 aliphatic heterocycles. The van der Waals surface area contributed by atoms with E-state index in [4.69, 9.17) is 4.74 Å². The Labute approximate surface area is 150 Å². The van der Waals surface area contributed by atoms with Crippen LogP contribution in [0.25, 0.3) is 0 Å². The van der Waals surface area contributed by atoms with Gasteiger partial charge in [-0.15, -0.1) is 0 Å². The van der Waals surface area contributed by atoms with Gasteiger partial charge < -0.3 is 9.84 Å². The maximum Gasteiger partial charge on any atom is 0.345 e. The molecule has 0 fully saturated rings. The van der Waals surface area contributed by atoms with E-state index in [1.807, 2.05) is 36.4 Å². The predicted octanol–water partition coefficient (Wildman–Crippen LogP) is 5.18. The lowest BCUT2D eigenvalue weighted by atomic mass is 9.87. The third-order valence-corrected chi connectivity index (χ3v) is 4.34. The quantitative estimate of drug-likeness (QED) is 0.788. The van der Waals surface area contributed by atoms with E-state index in [9.17, 15) is 9.90 Å². The number of benzene rings is 2. The van der Waals surface area contributed by atoms with Crippen molar-refractivity contribution >= 4 is 5.97 Å². The van der Waals surface area contributed by atoms with E-state index in [0.29, 0.717) is 18.1 Å². The third-order valence-electron chi connectivity index (χ3n) is 4.34. The minimum absolute atomic E-state index is 0.0584. The van der Waals surface area contributed by atoms with Gasteiger partial charge in [0.15, 0.2) is 6.10 Å². The number of aliphatic carboxylic acids is 1. The van der Waals surface area contributed by atoms with Crippen LogP contribution in [0.1, 0.15) is 57.2 Å². The van der Waals surface area contributed by atoms with Crippen molar-refractivity contribution in [1.29, 1.82) is 0 Å². The van der Waals surface area contributed by atoms with Gasteiger partial charge in [-0.1, -0.05) is 71.0 Å². The van der Waals surface area contributed by atoms with Crippen molar-refractivity contribution in [3.63, 3.8) is 0 Å². The summed E-state index contributed by atoms with van der Waals surface area (Å²) in [7, 11) is 0. The van der Waals surface area contributed by atoms with Crippen molar-refractivity contribution in [1.82, 2.24) is 0 Å². The molecule has 0 amide bonds. The number of hydrogen-bond acceptors (Lipinski definition) is 2. The molecule has 0 bridgehead atoms. The van der Waals surface area contributed by atoms with E-state index in [0.717, 1.165) is 5.56 Å². The van der Waals surface area contributed by atoms with Gasteiger partial charge in [-0.05, 0) is 40.2 Å². The van der Waals surface area contributed by atoms with Crippen LogP contribution < -0.4 is 4.74 Å². The van der Waals surface area contributed by atoms with Gasteiger partial charge in [-0.2, -0.15) is 0 Å². The summed E-state index contributed by atoms with van der Waals surface area (Å²) in [6.45, 7) is 10.7.